The number of benzene rings is 2. The van der Waals surface area contributed by atoms with Crippen molar-refractivity contribution in [2.75, 3.05) is 19.5 Å². The molecule has 2 aromatic carbocycles. The van der Waals surface area contributed by atoms with Gasteiger partial charge in [0.1, 0.15) is 11.5 Å². The van der Waals surface area contributed by atoms with E-state index in [1.54, 1.807) is 38.5 Å². The van der Waals surface area contributed by atoms with Crippen molar-refractivity contribution in [2.45, 2.75) is 0 Å². The molecular weight excluding hydrogens is 300 g/mol. The maximum atomic E-state index is 12.3. The fourth-order valence-electron chi connectivity index (χ4n) is 2.02. The molecule has 0 aliphatic heterocycles. The minimum atomic E-state index is -0.218. The van der Waals surface area contributed by atoms with Gasteiger partial charge in [0.05, 0.1) is 24.4 Å². The molecule has 0 aliphatic carbocycles. The molecule has 0 atom stereocenters. The average molecular weight is 314 g/mol. The van der Waals surface area contributed by atoms with Gasteiger partial charge in [-0.2, -0.15) is 0 Å². The number of carbonyl (C=O) groups excluding carboxylic acids is 1. The monoisotopic (exact) mass is 314 g/mol. The number of carbonyl (C=O) groups is 1. The number of methoxy groups -OCH3 is 2. The molecule has 1 amide bonds. The average Bonchev–Trinajstić information content (AvgIpc) is 2.95. The molecule has 0 saturated carbocycles. The van der Waals surface area contributed by atoms with Crippen LogP contribution < -0.4 is 14.8 Å². The number of nitrogens with one attached hydrogen (secondary N) is 1. The maximum Gasteiger partial charge on any atom is 0.257 e. The molecule has 1 N–H and O–H groups in total. The second-order valence-electron chi connectivity index (χ2n) is 4.54. The zero-order chi connectivity index (χ0) is 15.5. The molecule has 0 aliphatic rings. The lowest BCUT2D eigenvalue weighted by atomic mass is 10.2. The van der Waals surface area contributed by atoms with Crippen molar-refractivity contribution in [3.63, 3.8) is 0 Å². The Morgan fingerprint density at radius 1 is 1.09 bits per heavy atom. The van der Waals surface area contributed by atoms with Crippen molar-refractivity contribution in [2.24, 2.45) is 0 Å². The van der Waals surface area contributed by atoms with E-state index in [1.165, 1.54) is 11.3 Å². The molecule has 0 radical (unpaired) electrons. The van der Waals surface area contributed by atoms with Crippen LogP contribution in [-0.2, 0) is 0 Å². The van der Waals surface area contributed by atoms with Crippen molar-refractivity contribution < 1.29 is 14.3 Å². The van der Waals surface area contributed by atoms with Crippen molar-refractivity contribution in [1.82, 2.24) is 4.98 Å². The summed E-state index contributed by atoms with van der Waals surface area (Å²) in [5, 5.41) is 3.36. The largest absolute Gasteiger partial charge is 0.497 e. The predicted molar refractivity (Wildman–Crippen MR) is 87.1 cm³/mol. The van der Waals surface area contributed by atoms with Gasteiger partial charge >= 0.3 is 0 Å². The maximum absolute atomic E-state index is 12.3. The lowest BCUT2D eigenvalue weighted by molar-refractivity contribution is 0.102. The number of ether oxygens (including phenoxy) is 2. The van der Waals surface area contributed by atoms with Gasteiger partial charge in [0.2, 0.25) is 0 Å². The Labute approximate surface area is 131 Å². The molecule has 3 rings (SSSR count). The van der Waals surface area contributed by atoms with Gasteiger partial charge in [-0.3, -0.25) is 10.1 Å². The number of aromatic nitrogens is 1. The SMILES string of the molecule is COc1cccc(C(=O)Nc2nc3ccc(OC)cc3s2)c1. The van der Waals surface area contributed by atoms with Crippen molar-refractivity contribution >= 4 is 32.6 Å². The first-order valence-corrected chi connectivity index (χ1v) is 7.41. The Morgan fingerprint density at radius 3 is 2.64 bits per heavy atom. The van der Waals surface area contributed by atoms with Gasteiger partial charge in [-0.25, -0.2) is 4.98 Å². The first-order chi connectivity index (χ1) is 10.7. The van der Waals surface area contributed by atoms with Crippen LogP contribution in [0, 0.1) is 0 Å². The fourth-order valence-corrected chi connectivity index (χ4v) is 2.91. The summed E-state index contributed by atoms with van der Waals surface area (Å²) in [5.74, 6) is 1.19. The zero-order valence-corrected chi connectivity index (χ0v) is 12.9. The van der Waals surface area contributed by atoms with Crippen LogP contribution in [0.1, 0.15) is 10.4 Å². The van der Waals surface area contributed by atoms with Crippen LogP contribution in [0.25, 0.3) is 10.2 Å². The first kappa shape index (κ1) is 14.3. The summed E-state index contributed by atoms with van der Waals surface area (Å²) in [7, 11) is 3.19. The van der Waals surface area contributed by atoms with Crippen LogP contribution in [0.5, 0.6) is 11.5 Å². The summed E-state index contributed by atoms with van der Waals surface area (Å²) in [6.07, 6.45) is 0. The van der Waals surface area contributed by atoms with E-state index in [4.69, 9.17) is 9.47 Å². The topological polar surface area (TPSA) is 60.5 Å². The quantitative estimate of drug-likeness (QED) is 0.800. The van der Waals surface area contributed by atoms with Crippen molar-refractivity contribution in [3.8, 4) is 11.5 Å². The van der Waals surface area contributed by atoms with Crippen LogP contribution >= 0.6 is 11.3 Å². The number of hydrogen-bond acceptors (Lipinski definition) is 5. The number of anilines is 1. The summed E-state index contributed by atoms with van der Waals surface area (Å²) in [6.45, 7) is 0. The molecule has 22 heavy (non-hydrogen) atoms. The molecule has 112 valence electrons. The molecule has 5 nitrogen and oxygen atoms in total. The van der Waals surface area contributed by atoms with Crippen LogP contribution in [0.3, 0.4) is 0 Å². The molecule has 0 spiro atoms. The molecule has 1 heterocycles. The molecule has 3 aromatic rings. The summed E-state index contributed by atoms with van der Waals surface area (Å²) < 4.78 is 11.3. The highest BCUT2D eigenvalue weighted by Gasteiger charge is 2.11. The Kier molecular flexibility index (Phi) is 3.93. The summed E-state index contributed by atoms with van der Waals surface area (Å²) in [4.78, 5) is 16.7. The smallest absolute Gasteiger partial charge is 0.257 e. The minimum absolute atomic E-state index is 0.218. The Balaban J connectivity index is 1.84. The van der Waals surface area contributed by atoms with Gasteiger partial charge in [0.25, 0.3) is 5.91 Å². The number of nitrogens with zero attached hydrogens (tertiary/aromatic N) is 1. The molecule has 0 saturated heterocycles. The Morgan fingerprint density at radius 2 is 1.86 bits per heavy atom. The highest BCUT2D eigenvalue weighted by molar-refractivity contribution is 7.22. The van der Waals surface area contributed by atoms with E-state index in [9.17, 15) is 4.79 Å². The molecule has 0 bridgehead atoms. The highest BCUT2D eigenvalue weighted by atomic mass is 32.1. The number of hydrogen-bond donors (Lipinski definition) is 1. The molecule has 0 fully saturated rings. The Hall–Kier alpha value is -2.60. The number of amides is 1. The first-order valence-electron chi connectivity index (χ1n) is 6.59. The third-order valence-corrected chi connectivity index (χ3v) is 4.08. The van der Waals surface area contributed by atoms with Gasteiger partial charge in [-0.05, 0) is 36.4 Å². The summed E-state index contributed by atoms with van der Waals surface area (Å²) >= 11 is 1.41. The van der Waals surface area contributed by atoms with Crippen molar-refractivity contribution in [1.29, 1.82) is 0 Å². The van der Waals surface area contributed by atoms with Gasteiger partial charge in [0, 0.05) is 5.56 Å². The van der Waals surface area contributed by atoms with E-state index in [-0.39, 0.29) is 5.91 Å². The lowest BCUT2D eigenvalue weighted by Gasteiger charge is -2.03. The number of fused-ring (bicyclic) bond motifs is 1. The minimum Gasteiger partial charge on any atom is -0.497 e. The van der Waals surface area contributed by atoms with E-state index >= 15 is 0 Å². The number of thiazole rings is 1. The number of rotatable bonds is 4. The van der Waals surface area contributed by atoms with Crippen molar-refractivity contribution in [3.05, 3.63) is 48.0 Å². The summed E-state index contributed by atoms with van der Waals surface area (Å²) in [6, 6.07) is 12.6. The molecule has 0 unspecified atom stereocenters. The van der Waals surface area contributed by atoms with E-state index in [0.29, 0.717) is 16.4 Å². The van der Waals surface area contributed by atoms with E-state index < -0.39 is 0 Å². The highest BCUT2D eigenvalue weighted by Crippen LogP contribution is 2.29. The van der Waals surface area contributed by atoms with E-state index in [1.807, 2.05) is 18.2 Å². The molecule has 6 heteroatoms. The van der Waals surface area contributed by atoms with Gasteiger partial charge in [-0.15, -0.1) is 0 Å². The van der Waals surface area contributed by atoms with E-state index in [0.717, 1.165) is 16.0 Å². The predicted octanol–water partition coefficient (Wildman–Crippen LogP) is 3.57. The standard InChI is InChI=1S/C16H14N2O3S/c1-20-11-5-3-4-10(8-11)15(19)18-16-17-13-7-6-12(21-2)9-14(13)22-16/h3-9H,1-2H3,(H,17,18,19). The fraction of sp³-hybridized carbons (Fsp3) is 0.125. The van der Waals surface area contributed by atoms with Crippen LogP contribution in [0.2, 0.25) is 0 Å². The lowest BCUT2D eigenvalue weighted by Crippen LogP contribution is -2.11. The second kappa shape index (κ2) is 6.03. The van der Waals surface area contributed by atoms with Crippen LogP contribution in [-0.4, -0.2) is 25.1 Å². The van der Waals surface area contributed by atoms with Crippen LogP contribution in [0.4, 0.5) is 5.13 Å². The third-order valence-electron chi connectivity index (χ3n) is 3.15. The third kappa shape index (κ3) is 2.87. The molecule has 1 aromatic heterocycles. The zero-order valence-electron chi connectivity index (χ0n) is 12.1. The van der Waals surface area contributed by atoms with Gasteiger partial charge in [-0.1, -0.05) is 17.4 Å². The summed E-state index contributed by atoms with van der Waals surface area (Å²) in [5.41, 5.74) is 1.35. The Bertz CT molecular complexity index is 829. The van der Waals surface area contributed by atoms with Gasteiger partial charge in [0.15, 0.2) is 5.13 Å². The molecular formula is C16H14N2O3S. The van der Waals surface area contributed by atoms with Gasteiger partial charge < -0.3 is 9.47 Å². The second-order valence-corrected chi connectivity index (χ2v) is 5.57. The van der Waals surface area contributed by atoms with Crippen LogP contribution in [0.15, 0.2) is 42.5 Å². The normalized spacial score (nSPS) is 10.5. The van der Waals surface area contributed by atoms with E-state index in [2.05, 4.69) is 10.3 Å².